The Morgan fingerprint density at radius 2 is 1.52 bits per heavy atom. The van der Waals surface area contributed by atoms with Gasteiger partial charge in [-0.3, -0.25) is 19.3 Å². The van der Waals surface area contributed by atoms with E-state index in [4.69, 9.17) is 5.11 Å². The molecule has 3 rings (SSSR count). The van der Waals surface area contributed by atoms with Crippen LogP contribution in [0.25, 0.3) is 0 Å². The summed E-state index contributed by atoms with van der Waals surface area (Å²) >= 11 is 0. The number of carboxylic acid groups (broad SMARTS) is 1. The fourth-order valence-corrected chi connectivity index (χ4v) is 2.60. The first-order chi connectivity index (χ1) is 12.0. The van der Waals surface area contributed by atoms with Gasteiger partial charge in [0.2, 0.25) is 11.8 Å². The first-order valence-electron chi connectivity index (χ1n) is 7.57. The Balaban J connectivity index is 1.79. The molecule has 1 saturated heterocycles. The summed E-state index contributed by atoms with van der Waals surface area (Å²) in [4.78, 5) is 48.0. The van der Waals surface area contributed by atoms with E-state index in [1.165, 1.54) is 36.4 Å². The molecule has 0 atom stereocenters. The molecule has 3 amide bonds. The minimum atomic E-state index is -1.14. The Hall–Kier alpha value is -3.48. The summed E-state index contributed by atoms with van der Waals surface area (Å²) in [5.74, 6) is -2.16. The van der Waals surface area contributed by atoms with Crippen molar-refractivity contribution >= 4 is 35.1 Å². The molecule has 126 valence electrons. The SMILES string of the molecule is O=C(Nc1ccccc1C(=O)O)c1ccc(N2C(=O)CCC2=O)cc1. The van der Waals surface area contributed by atoms with Crippen LogP contribution in [0.5, 0.6) is 0 Å². The fraction of sp³-hybridized carbons (Fsp3) is 0.111. The standard InChI is InChI=1S/C18H14N2O5/c21-15-9-10-16(22)20(15)12-7-5-11(6-8-12)17(23)19-14-4-2-1-3-13(14)18(24)25/h1-8H,9-10H2,(H,19,23)(H,24,25). The van der Waals surface area contributed by atoms with Crippen molar-refractivity contribution in [2.24, 2.45) is 0 Å². The van der Waals surface area contributed by atoms with Gasteiger partial charge in [0.15, 0.2) is 0 Å². The molecule has 0 aromatic heterocycles. The number of anilines is 2. The fourth-order valence-electron chi connectivity index (χ4n) is 2.60. The Labute approximate surface area is 142 Å². The Bertz CT molecular complexity index is 857. The maximum atomic E-state index is 12.3. The second-order valence-electron chi connectivity index (χ2n) is 5.47. The van der Waals surface area contributed by atoms with Gasteiger partial charge in [-0.15, -0.1) is 0 Å². The number of imide groups is 1. The van der Waals surface area contributed by atoms with Crippen molar-refractivity contribution in [1.82, 2.24) is 0 Å². The number of amides is 3. The van der Waals surface area contributed by atoms with Gasteiger partial charge in [0.1, 0.15) is 0 Å². The second-order valence-corrected chi connectivity index (χ2v) is 5.47. The minimum Gasteiger partial charge on any atom is -0.478 e. The van der Waals surface area contributed by atoms with Crippen molar-refractivity contribution in [2.45, 2.75) is 12.8 Å². The summed E-state index contributed by atoms with van der Waals surface area (Å²) in [6, 6.07) is 12.1. The first kappa shape index (κ1) is 16.4. The topological polar surface area (TPSA) is 104 Å². The molecule has 0 aliphatic carbocycles. The number of aromatic carboxylic acids is 1. The summed E-state index contributed by atoms with van der Waals surface area (Å²) in [5, 5.41) is 11.7. The normalized spacial score (nSPS) is 13.8. The predicted octanol–water partition coefficient (Wildman–Crippen LogP) is 2.29. The first-order valence-corrected chi connectivity index (χ1v) is 7.57. The lowest BCUT2D eigenvalue weighted by Crippen LogP contribution is -2.28. The molecule has 0 bridgehead atoms. The highest BCUT2D eigenvalue weighted by Gasteiger charge is 2.30. The summed E-state index contributed by atoms with van der Waals surface area (Å²) in [5.41, 5.74) is 0.868. The third kappa shape index (κ3) is 3.25. The lowest BCUT2D eigenvalue weighted by Gasteiger charge is -2.14. The maximum absolute atomic E-state index is 12.3. The van der Waals surface area contributed by atoms with Crippen LogP contribution in [-0.4, -0.2) is 28.8 Å². The highest BCUT2D eigenvalue weighted by atomic mass is 16.4. The van der Waals surface area contributed by atoms with Gasteiger partial charge in [-0.1, -0.05) is 12.1 Å². The van der Waals surface area contributed by atoms with Crippen LogP contribution in [0.1, 0.15) is 33.6 Å². The smallest absolute Gasteiger partial charge is 0.337 e. The number of hydrogen-bond donors (Lipinski definition) is 2. The van der Waals surface area contributed by atoms with Crippen LogP contribution >= 0.6 is 0 Å². The summed E-state index contributed by atoms with van der Waals surface area (Å²) in [6.45, 7) is 0. The molecule has 2 aromatic carbocycles. The Kier molecular flexibility index (Phi) is 4.30. The molecule has 7 heteroatoms. The molecule has 2 N–H and O–H groups in total. The third-order valence-corrected chi connectivity index (χ3v) is 3.84. The van der Waals surface area contributed by atoms with Gasteiger partial charge in [-0.25, -0.2) is 4.79 Å². The maximum Gasteiger partial charge on any atom is 0.337 e. The number of nitrogens with one attached hydrogen (secondary N) is 1. The molecule has 0 radical (unpaired) electrons. The average Bonchev–Trinajstić information content (AvgIpc) is 2.94. The number of carboxylic acids is 1. The van der Waals surface area contributed by atoms with Gasteiger partial charge in [0.25, 0.3) is 5.91 Å². The number of carbonyl (C=O) groups is 4. The minimum absolute atomic E-state index is 0.0132. The van der Waals surface area contributed by atoms with Crippen LogP contribution in [0.3, 0.4) is 0 Å². The molecule has 7 nitrogen and oxygen atoms in total. The summed E-state index contributed by atoms with van der Waals surface area (Å²) in [6.07, 6.45) is 0.375. The molecule has 1 aliphatic heterocycles. The van der Waals surface area contributed by atoms with Crippen LogP contribution in [0.15, 0.2) is 48.5 Å². The highest BCUT2D eigenvalue weighted by Crippen LogP contribution is 2.23. The second kappa shape index (κ2) is 6.56. The number of nitrogens with zero attached hydrogens (tertiary/aromatic N) is 1. The molecule has 0 unspecified atom stereocenters. The van der Waals surface area contributed by atoms with Gasteiger partial charge < -0.3 is 10.4 Å². The number of benzene rings is 2. The molecular formula is C18H14N2O5. The van der Waals surface area contributed by atoms with Gasteiger partial charge in [0.05, 0.1) is 16.9 Å². The number of rotatable bonds is 4. The van der Waals surface area contributed by atoms with E-state index in [0.29, 0.717) is 5.69 Å². The van der Waals surface area contributed by atoms with E-state index in [1.807, 2.05) is 0 Å². The van der Waals surface area contributed by atoms with Gasteiger partial charge in [-0.05, 0) is 36.4 Å². The Morgan fingerprint density at radius 1 is 0.920 bits per heavy atom. The predicted molar refractivity (Wildman–Crippen MR) is 89.5 cm³/mol. The van der Waals surface area contributed by atoms with Gasteiger partial charge >= 0.3 is 5.97 Å². The number of carbonyl (C=O) groups excluding carboxylic acids is 3. The van der Waals surface area contributed by atoms with E-state index < -0.39 is 11.9 Å². The molecule has 25 heavy (non-hydrogen) atoms. The van der Waals surface area contributed by atoms with Crippen molar-refractivity contribution in [3.63, 3.8) is 0 Å². The van der Waals surface area contributed by atoms with E-state index in [0.717, 1.165) is 4.90 Å². The van der Waals surface area contributed by atoms with Crippen LogP contribution in [-0.2, 0) is 9.59 Å². The highest BCUT2D eigenvalue weighted by molar-refractivity contribution is 6.20. The van der Waals surface area contributed by atoms with Crippen molar-refractivity contribution in [2.75, 3.05) is 10.2 Å². The van der Waals surface area contributed by atoms with E-state index >= 15 is 0 Å². The molecule has 0 spiro atoms. The number of hydrogen-bond acceptors (Lipinski definition) is 4. The van der Waals surface area contributed by atoms with E-state index in [-0.39, 0.29) is 41.5 Å². The third-order valence-electron chi connectivity index (χ3n) is 3.84. The van der Waals surface area contributed by atoms with Crippen molar-refractivity contribution < 1.29 is 24.3 Å². The quantitative estimate of drug-likeness (QED) is 0.833. The average molecular weight is 338 g/mol. The zero-order chi connectivity index (χ0) is 18.0. The molecule has 0 saturated carbocycles. The van der Waals surface area contributed by atoms with Crippen LogP contribution in [0, 0.1) is 0 Å². The van der Waals surface area contributed by atoms with Crippen LogP contribution in [0.4, 0.5) is 11.4 Å². The lowest BCUT2D eigenvalue weighted by molar-refractivity contribution is -0.121. The molecule has 1 heterocycles. The van der Waals surface area contributed by atoms with Crippen LogP contribution in [0.2, 0.25) is 0 Å². The molecular weight excluding hydrogens is 324 g/mol. The van der Waals surface area contributed by atoms with E-state index in [1.54, 1.807) is 12.1 Å². The molecule has 1 aliphatic rings. The van der Waals surface area contributed by atoms with Crippen LogP contribution < -0.4 is 10.2 Å². The number of para-hydroxylation sites is 1. The van der Waals surface area contributed by atoms with Gasteiger partial charge in [-0.2, -0.15) is 0 Å². The Morgan fingerprint density at radius 3 is 2.12 bits per heavy atom. The molecule has 2 aromatic rings. The lowest BCUT2D eigenvalue weighted by atomic mass is 10.1. The zero-order valence-corrected chi connectivity index (χ0v) is 13.1. The van der Waals surface area contributed by atoms with E-state index in [2.05, 4.69) is 5.32 Å². The van der Waals surface area contributed by atoms with E-state index in [9.17, 15) is 19.2 Å². The van der Waals surface area contributed by atoms with Gasteiger partial charge in [0, 0.05) is 18.4 Å². The zero-order valence-electron chi connectivity index (χ0n) is 13.1. The largest absolute Gasteiger partial charge is 0.478 e. The van der Waals surface area contributed by atoms with Crippen molar-refractivity contribution in [3.05, 3.63) is 59.7 Å². The summed E-state index contributed by atoms with van der Waals surface area (Å²) in [7, 11) is 0. The molecule has 1 fully saturated rings. The monoisotopic (exact) mass is 338 g/mol. The summed E-state index contributed by atoms with van der Waals surface area (Å²) < 4.78 is 0. The van der Waals surface area contributed by atoms with Crippen molar-refractivity contribution in [1.29, 1.82) is 0 Å². The van der Waals surface area contributed by atoms with Crippen molar-refractivity contribution in [3.8, 4) is 0 Å².